The Morgan fingerprint density at radius 2 is 2.05 bits per heavy atom. The fourth-order valence-electron chi connectivity index (χ4n) is 1.98. The minimum atomic E-state index is 0.118. The normalized spacial score (nSPS) is 12.3. The Balaban J connectivity index is 2.19. The summed E-state index contributed by atoms with van der Waals surface area (Å²) in [5.74, 6) is 0. The number of pyridine rings is 2. The third-order valence-electron chi connectivity index (χ3n) is 3.03. The Hall–Kier alpha value is -1.16. The van der Waals surface area contributed by atoms with Gasteiger partial charge in [-0.15, -0.1) is 0 Å². The molecular formula is C15H17Cl2N3. The molecule has 5 heteroatoms. The van der Waals surface area contributed by atoms with Gasteiger partial charge in [-0.05, 0) is 43.1 Å². The molecule has 0 bridgehead atoms. The number of aromatic nitrogens is 2. The zero-order chi connectivity index (χ0) is 14.4. The summed E-state index contributed by atoms with van der Waals surface area (Å²) in [6.07, 6.45) is 6.94. The smallest absolute Gasteiger partial charge is 0.0622 e. The maximum atomic E-state index is 6.18. The zero-order valence-corrected chi connectivity index (χ0v) is 12.8. The molecule has 1 atom stereocenters. The van der Waals surface area contributed by atoms with Crippen LogP contribution in [0.25, 0.3) is 0 Å². The largest absolute Gasteiger partial charge is 0.308 e. The zero-order valence-electron chi connectivity index (χ0n) is 11.3. The van der Waals surface area contributed by atoms with Gasteiger partial charge in [-0.25, -0.2) is 0 Å². The van der Waals surface area contributed by atoms with E-state index in [4.69, 9.17) is 23.2 Å². The maximum Gasteiger partial charge on any atom is 0.0622 e. The van der Waals surface area contributed by atoms with Crippen LogP contribution in [0.2, 0.25) is 10.0 Å². The van der Waals surface area contributed by atoms with Crippen molar-refractivity contribution in [2.75, 3.05) is 6.54 Å². The molecule has 0 aliphatic rings. The summed E-state index contributed by atoms with van der Waals surface area (Å²) in [5.41, 5.74) is 2.03. The first-order chi connectivity index (χ1) is 9.70. The maximum absolute atomic E-state index is 6.18. The van der Waals surface area contributed by atoms with Gasteiger partial charge in [-0.1, -0.05) is 30.1 Å². The summed E-state index contributed by atoms with van der Waals surface area (Å²) in [7, 11) is 0. The molecule has 0 radical (unpaired) electrons. The van der Waals surface area contributed by atoms with Gasteiger partial charge in [0.15, 0.2) is 0 Å². The molecule has 0 aliphatic carbocycles. The van der Waals surface area contributed by atoms with Crippen LogP contribution in [0.4, 0.5) is 0 Å². The lowest BCUT2D eigenvalue weighted by atomic mass is 10.0. The standard InChI is InChI=1S/C15H17Cl2N3/c1-2-6-19-15(14-4-3-12(16)9-20-14)8-11-5-7-18-10-13(11)17/h3-5,7,9-10,15,19H,2,6,8H2,1H3. The molecule has 0 saturated heterocycles. The predicted octanol–water partition coefficient (Wildman–Crippen LogP) is 4.07. The molecule has 0 fully saturated rings. The van der Waals surface area contributed by atoms with Crippen molar-refractivity contribution in [2.45, 2.75) is 25.8 Å². The third kappa shape index (κ3) is 4.17. The van der Waals surface area contributed by atoms with Gasteiger partial charge >= 0.3 is 0 Å². The van der Waals surface area contributed by atoms with Crippen LogP contribution in [0.15, 0.2) is 36.8 Å². The second-order valence-electron chi connectivity index (χ2n) is 4.58. The number of hydrogen-bond acceptors (Lipinski definition) is 3. The SMILES string of the molecule is CCCNC(Cc1ccncc1Cl)c1ccc(Cl)cn1. The average Bonchev–Trinajstić information content (AvgIpc) is 2.46. The van der Waals surface area contributed by atoms with Gasteiger partial charge in [-0.3, -0.25) is 9.97 Å². The highest BCUT2D eigenvalue weighted by atomic mass is 35.5. The van der Waals surface area contributed by atoms with Gasteiger partial charge < -0.3 is 5.32 Å². The van der Waals surface area contributed by atoms with Crippen molar-refractivity contribution in [2.24, 2.45) is 0 Å². The van der Waals surface area contributed by atoms with E-state index in [0.29, 0.717) is 10.0 Å². The summed E-state index contributed by atoms with van der Waals surface area (Å²) < 4.78 is 0. The Kier molecular flexibility index (Phi) is 5.77. The molecule has 0 amide bonds. The molecule has 2 rings (SSSR count). The van der Waals surface area contributed by atoms with E-state index in [1.165, 1.54) is 0 Å². The fraction of sp³-hybridized carbons (Fsp3) is 0.333. The van der Waals surface area contributed by atoms with E-state index in [-0.39, 0.29) is 6.04 Å². The second kappa shape index (κ2) is 7.58. The molecule has 0 aromatic carbocycles. The van der Waals surface area contributed by atoms with Crippen molar-refractivity contribution in [3.63, 3.8) is 0 Å². The van der Waals surface area contributed by atoms with E-state index in [0.717, 1.165) is 30.6 Å². The van der Waals surface area contributed by atoms with Crippen molar-refractivity contribution in [1.29, 1.82) is 0 Å². The topological polar surface area (TPSA) is 37.8 Å². The molecule has 20 heavy (non-hydrogen) atoms. The molecule has 2 aromatic heterocycles. The molecule has 2 heterocycles. The second-order valence-corrected chi connectivity index (χ2v) is 5.42. The molecule has 1 N–H and O–H groups in total. The van der Waals surface area contributed by atoms with Crippen molar-refractivity contribution >= 4 is 23.2 Å². The molecule has 0 saturated carbocycles. The Morgan fingerprint density at radius 3 is 2.70 bits per heavy atom. The number of rotatable bonds is 6. The van der Waals surface area contributed by atoms with Crippen LogP contribution in [0, 0.1) is 0 Å². The van der Waals surface area contributed by atoms with E-state index in [1.54, 1.807) is 18.6 Å². The van der Waals surface area contributed by atoms with Crippen LogP contribution in [-0.4, -0.2) is 16.5 Å². The summed E-state index contributed by atoms with van der Waals surface area (Å²) in [6.45, 7) is 3.07. The average molecular weight is 310 g/mol. The highest BCUT2D eigenvalue weighted by Crippen LogP contribution is 2.22. The lowest BCUT2D eigenvalue weighted by molar-refractivity contribution is 0.518. The van der Waals surface area contributed by atoms with Crippen LogP contribution in [-0.2, 0) is 6.42 Å². The van der Waals surface area contributed by atoms with E-state index < -0.39 is 0 Å². The van der Waals surface area contributed by atoms with Gasteiger partial charge in [-0.2, -0.15) is 0 Å². The van der Waals surface area contributed by atoms with Crippen LogP contribution in [0.5, 0.6) is 0 Å². The van der Waals surface area contributed by atoms with Crippen molar-refractivity contribution < 1.29 is 0 Å². The quantitative estimate of drug-likeness (QED) is 0.874. The van der Waals surface area contributed by atoms with Crippen molar-refractivity contribution in [1.82, 2.24) is 15.3 Å². The predicted molar refractivity (Wildman–Crippen MR) is 83.2 cm³/mol. The van der Waals surface area contributed by atoms with Crippen LogP contribution in [0.1, 0.15) is 30.6 Å². The molecule has 0 aliphatic heterocycles. The highest BCUT2D eigenvalue weighted by Gasteiger charge is 2.14. The minimum Gasteiger partial charge on any atom is -0.308 e. The molecule has 0 spiro atoms. The lowest BCUT2D eigenvalue weighted by Gasteiger charge is -2.18. The first kappa shape index (κ1) is 15.2. The summed E-state index contributed by atoms with van der Waals surface area (Å²) >= 11 is 12.1. The molecule has 3 nitrogen and oxygen atoms in total. The van der Waals surface area contributed by atoms with E-state index in [1.807, 2.05) is 18.2 Å². The number of halogens is 2. The molecule has 1 unspecified atom stereocenters. The Bertz CT molecular complexity index is 543. The first-order valence-corrected chi connectivity index (χ1v) is 7.39. The van der Waals surface area contributed by atoms with Gasteiger partial charge in [0.05, 0.1) is 21.8 Å². The van der Waals surface area contributed by atoms with Crippen LogP contribution in [0.3, 0.4) is 0 Å². The van der Waals surface area contributed by atoms with E-state index in [2.05, 4.69) is 22.2 Å². The van der Waals surface area contributed by atoms with Crippen LogP contribution >= 0.6 is 23.2 Å². The van der Waals surface area contributed by atoms with E-state index >= 15 is 0 Å². The Labute approximate surface area is 129 Å². The lowest BCUT2D eigenvalue weighted by Crippen LogP contribution is -2.25. The Morgan fingerprint density at radius 1 is 1.20 bits per heavy atom. The highest BCUT2D eigenvalue weighted by molar-refractivity contribution is 6.31. The molecular weight excluding hydrogens is 293 g/mol. The fourth-order valence-corrected chi connectivity index (χ4v) is 2.29. The monoisotopic (exact) mass is 309 g/mol. The van der Waals surface area contributed by atoms with Crippen molar-refractivity contribution in [3.05, 3.63) is 58.1 Å². The summed E-state index contributed by atoms with van der Waals surface area (Å²) in [6, 6.07) is 5.87. The van der Waals surface area contributed by atoms with Gasteiger partial charge in [0.2, 0.25) is 0 Å². The summed E-state index contributed by atoms with van der Waals surface area (Å²) in [5, 5.41) is 4.82. The van der Waals surface area contributed by atoms with E-state index in [9.17, 15) is 0 Å². The number of hydrogen-bond donors (Lipinski definition) is 1. The minimum absolute atomic E-state index is 0.118. The van der Waals surface area contributed by atoms with Crippen molar-refractivity contribution in [3.8, 4) is 0 Å². The number of nitrogens with zero attached hydrogens (tertiary/aromatic N) is 2. The first-order valence-electron chi connectivity index (χ1n) is 6.64. The van der Waals surface area contributed by atoms with Crippen LogP contribution < -0.4 is 5.32 Å². The number of nitrogens with one attached hydrogen (secondary N) is 1. The molecule has 2 aromatic rings. The van der Waals surface area contributed by atoms with Gasteiger partial charge in [0.1, 0.15) is 0 Å². The van der Waals surface area contributed by atoms with Gasteiger partial charge in [0, 0.05) is 18.6 Å². The van der Waals surface area contributed by atoms with Gasteiger partial charge in [0.25, 0.3) is 0 Å². The summed E-state index contributed by atoms with van der Waals surface area (Å²) in [4.78, 5) is 8.42. The molecule has 106 valence electrons. The third-order valence-corrected chi connectivity index (χ3v) is 3.59.